The maximum atomic E-state index is 13.6. The van der Waals surface area contributed by atoms with Crippen LogP contribution in [0.5, 0.6) is 0 Å². The summed E-state index contributed by atoms with van der Waals surface area (Å²) in [7, 11) is 0. The van der Waals surface area contributed by atoms with Gasteiger partial charge in [0, 0.05) is 6.20 Å². The third-order valence-corrected chi connectivity index (χ3v) is 4.04. The largest absolute Gasteiger partial charge is 0.464 e. The van der Waals surface area contributed by atoms with Gasteiger partial charge < -0.3 is 14.3 Å². The number of nitrogens with one attached hydrogen (secondary N) is 1. The maximum absolute atomic E-state index is 13.6. The zero-order valence-corrected chi connectivity index (χ0v) is 15.5. The number of amides is 2. The topological polar surface area (TPSA) is 129 Å². The Morgan fingerprint density at radius 3 is 2.83 bits per heavy atom. The van der Waals surface area contributed by atoms with Crippen molar-refractivity contribution >= 4 is 52.0 Å². The maximum Gasteiger partial charge on any atom is 0.416 e. The Balaban J connectivity index is 2.28. The summed E-state index contributed by atoms with van der Waals surface area (Å²) in [4.78, 5) is 28.6. The molecule has 0 aliphatic carbocycles. The van der Waals surface area contributed by atoms with Gasteiger partial charge in [0.05, 0.1) is 22.7 Å². The Kier molecular flexibility index (Phi) is 5.52. The molecular weight excluding hydrogens is 407 g/mol. The highest BCUT2D eigenvalue weighted by Crippen LogP contribution is 2.42. The first-order valence-electron chi connectivity index (χ1n) is 8.10. The lowest BCUT2D eigenvalue weighted by atomic mass is 10.2. The van der Waals surface area contributed by atoms with Crippen LogP contribution in [0.15, 0.2) is 34.9 Å². The van der Waals surface area contributed by atoms with Crippen LogP contribution in [0.3, 0.4) is 0 Å². The second-order valence-corrected chi connectivity index (χ2v) is 5.90. The zero-order chi connectivity index (χ0) is 21.1. The van der Waals surface area contributed by atoms with Crippen LogP contribution in [-0.2, 0) is 4.74 Å². The number of ether oxygens (including phenoxy) is 1. The van der Waals surface area contributed by atoms with Gasteiger partial charge in [-0.15, -0.1) is 0 Å². The Hall–Kier alpha value is -3.84. The van der Waals surface area contributed by atoms with Crippen LogP contribution in [0.1, 0.15) is 12.6 Å². The second kappa shape index (κ2) is 8.04. The highest BCUT2D eigenvalue weighted by Gasteiger charge is 2.29. The number of pyridine rings is 1. The minimum Gasteiger partial charge on any atom is -0.464 e. The number of carbonyl (C=O) groups excluding carboxylic acids is 1. The van der Waals surface area contributed by atoms with E-state index in [2.05, 4.69) is 10.3 Å². The van der Waals surface area contributed by atoms with Gasteiger partial charge in [0.25, 0.3) is 0 Å². The first kappa shape index (κ1) is 19.9. The molecule has 0 aliphatic heterocycles. The van der Waals surface area contributed by atoms with Gasteiger partial charge in [-0.2, -0.15) is 5.26 Å². The third kappa shape index (κ3) is 3.76. The van der Waals surface area contributed by atoms with E-state index in [0.29, 0.717) is 0 Å². The Morgan fingerprint density at radius 2 is 2.21 bits per heavy atom. The Morgan fingerprint density at radius 1 is 1.45 bits per heavy atom. The van der Waals surface area contributed by atoms with E-state index in [9.17, 15) is 24.3 Å². The van der Waals surface area contributed by atoms with E-state index in [1.807, 2.05) is 6.07 Å². The van der Waals surface area contributed by atoms with Crippen molar-refractivity contribution in [2.24, 2.45) is 0 Å². The number of carbonyl (C=O) groups is 2. The summed E-state index contributed by atoms with van der Waals surface area (Å²) in [6.45, 7) is 1.64. The molecule has 3 rings (SSSR count). The van der Waals surface area contributed by atoms with E-state index in [1.165, 1.54) is 18.3 Å². The molecule has 1 aromatic carbocycles. The van der Waals surface area contributed by atoms with Crippen molar-refractivity contribution < 1.29 is 28.2 Å². The fourth-order valence-corrected chi connectivity index (χ4v) is 2.79. The predicted octanol–water partition coefficient (Wildman–Crippen LogP) is 4.88. The Bertz CT molecular complexity index is 1160. The van der Waals surface area contributed by atoms with Crippen molar-refractivity contribution in [2.45, 2.75) is 6.92 Å². The number of anilines is 3. The molecule has 0 fully saturated rings. The fraction of sp³-hybridized carbons (Fsp3) is 0.111. The van der Waals surface area contributed by atoms with Gasteiger partial charge in [-0.3, -0.25) is 5.32 Å². The molecule has 11 heteroatoms. The first-order valence-corrected chi connectivity index (χ1v) is 8.48. The summed E-state index contributed by atoms with van der Waals surface area (Å²) >= 11 is 5.79. The highest BCUT2D eigenvalue weighted by molar-refractivity contribution is 6.31. The number of nitriles is 1. The number of hydrogen-bond acceptors (Lipinski definition) is 6. The molecule has 0 aliphatic rings. The number of halogens is 2. The van der Waals surface area contributed by atoms with E-state index >= 15 is 0 Å². The van der Waals surface area contributed by atoms with Crippen molar-refractivity contribution in [3.8, 4) is 6.07 Å². The molecular formula is C18H12ClFN4O5. The lowest BCUT2D eigenvalue weighted by molar-refractivity contribution is 0.167. The minimum atomic E-state index is -1.47. The molecule has 9 nitrogen and oxygen atoms in total. The molecule has 0 bridgehead atoms. The quantitative estimate of drug-likeness (QED) is 0.617. The lowest BCUT2D eigenvalue weighted by Crippen LogP contribution is -2.25. The molecule has 0 unspecified atom stereocenters. The molecule has 0 spiro atoms. The van der Waals surface area contributed by atoms with Gasteiger partial charge in [-0.05, 0) is 31.2 Å². The molecule has 2 amide bonds. The van der Waals surface area contributed by atoms with E-state index < -0.39 is 18.0 Å². The Labute approximate surface area is 167 Å². The molecule has 0 atom stereocenters. The number of aromatic nitrogens is 1. The van der Waals surface area contributed by atoms with Crippen LogP contribution in [0.4, 0.5) is 31.2 Å². The van der Waals surface area contributed by atoms with Gasteiger partial charge in [0.1, 0.15) is 17.6 Å². The average molecular weight is 419 g/mol. The highest BCUT2D eigenvalue weighted by atomic mass is 35.5. The van der Waals surface area contributed by atoms with Gasteiger partial charge >= 0.3 is 12.2 Å². The summed E-state index contributed by atoms with van der Waals surface area (Å²) in [5.41, 5.74) is -0.310. The summed E-state index contributed by atoms with van der Waals surface area (Å²) in [6.07, 6.45) is -1.09. The van der Waals surface area contributed by atoms with Gasteiger partial charge in [-0.1, -0.05) is 11.6 Å². The fourth-order valence-electron chi connectivity index (χ4n) is 2.62. The van der Waals surface area contributed by atoms with Crippen molar-refractivity contribution in [1.29, 1.82) is 5.26 Å². The van der Waals surface area contributed by atoms with Crippen molar-refractivity contribution in [3.05, 3.63) is 47.0 Å². The lowest BCUT2D eigenvalue weighted by Gasteiger charge is -2.20. The third-order valence-electron chi connectivity index (χ3n) is 3.75. The number of fused-ring (bicyclic) bond motifs is 1. The summed E-state index contributed by atoms with van der Waals surface area (Å²) in [5.74, 6) is -1.04. The predicted molar refractivity (Wildman–Crippen MR) is 101 cm³/mol. The smallest absolute Gasteiger partial charge is 0.416 e. The summed E-state index contributed by atoms with van der Waals surface area (Å²) in [6, 6.07) is 6.52. The van der Waals surface area contributed by atoms with E-state index in [1.54, 1.807) is 6.92 Å². The monoisotopic (exact) mass is 418 g/mol. The summed E-state index contributed by atoms with van der Waals surface area (Å²) in [5, 5.41) is 21.3. The van der Waals surface area contributed by atoms with E-state index in [0.717, 1.165) is 17.0 Å². The van der Waals surface area contributed by atoms with Crippen LogP contribution < -0.4 is 10.2 Å². The number of rotatable bonds is 4. The van der Waals surface area contributed by atoms with Crippen LogP contribution in [0.2, 0.25) is 5.02 Å². The number of benzene rings is 1. The number of carboxylic acid groups (broad SMARTS) is 1. The average Bonchev–Trinajstić information content (AvgIpc) is 3.02. The van der Waals surface area contributed by atoms with E-state index in [4.69, 9.17) is 20.8 Å². The van der Waals surface area contributed by atoms with Gasteiger partial charge in [-0.25, -0.2) is 23.9 Å². The van der Waals surface area contributed by atoms with Crippen molar-refractivity contribution in [2.75, 3.05) is 16.8 Å². The molecule has 0 saturated carbocycles. The molecule has 0 saturated heterocycles. The van der Waals surface area contributed by atoms with Crippen LogP contribution in [-0.4, -0.2) is 28.9 Å². The molecule has 29 heavy (non-hydrogen) atoms. The van der Waals surface area contributed by atoms with Crippen molar-refractivity contribution in [3.63, 3.8) is 0 Å². The second-order valence-electron chi connectivity index (χ2n) is 5.49. The van der Waals surface area contributed by atoms with Crippen LogP contribution in [0.25, 0.3) is 11.0 Å². The van der Waals surface area contributed by atoms with E-state index in [-0.39, 0.29) is 45.6 Å². The zero-order valence-electron chi connectivity index (χ0n) is 14.8. The van der Waals surface area contributed by atoms with Crippen LogP contribution in [0, 0.1) is 17.1 Å². The van der Waals surface area contributed by atoms with Crippen molar-refractivity contribution in [1.82, 2.24) is 4.98 Å². The first-order chi connectivity index (χ1) is 13.9. The molecule has 2 N–H and O–H groups in total. The molecule has 3 aromatic rings. The standard InChI is InChI=1S/C18H12ClFN4O5/c1-2-28-17(25)23-16-14(10-5-6-22-13(8-21)15(10)29-16)24(18(26)27)9-3-4-12(20)11(19)7-9/h3-7H,2H2,1H3,(H,23,25)(H,26,27). The molecule has 148 valence electrons. The van der Waals surface area contributed by atoms with Crippen LogP contribution >= 0.6 is 11.6 Å². The van der Waals surface area contributed by atoms with Gasteiger partial charge in [0.2, 0.25) is 5.88 Å². The number of hydrogen-bond donors (Lipinski definition) is 2. The molecule has 2 heterocycles. The normalized spacial score (nSPS) is 10.4. The molecule has 0 radical (unpaired) electrons. The summed E-state index contributed by atoms with van der Waals surface area (Å²) < 4.78 is 23.9. The SMILES string of the molecule is CCOC(=O)Nc1oc2c(C#N)nccc2c1N(C(=O)O)c1ccc(F)c(Cl)c1. The van der Waals surface area contributed by atoms with Gasteiger partial charge in [0.15, 0.2) is 11.3 Å². The number of nitrogens with zero attached hydrogens (tertiary/aromatic N) is 3. The minimum absolute atomic E-state index is 0.0196. The number of furan rings is 1. The molecule has 2 aromatic heterocycles.